The van der Waals surface area contributed by atoms with Crippen LogP contribution in [0.5, 0.6) is 0 Å². The van der Waals surface area contributed by atoms with Crippen LogP contribution in [0.1, 0.15) is 42.8 Å². The molecule has 0 bridgehead atoms. The summed E-state index contributed by atoms with van der Waals surface area (Å²) >= 11 is 6.24. The van der Waals surface area contributed by atoms with Gasteiger partial charge in [0.2, 0.25) is 0 Å². The molecule has 0 spiro atoms. The van der Waals surface area contributed by atoms with Crippen molar-refractivity contribution in [2.75, 3.05) is 6.54 Å². The van der Waals surface area contributed by atoms with E-state index in [2.05, 4.69) is 17.3 Å². The molecular weight excluding hydrogens is 338 g/mol. The summed E-state index contributed by atoms with van der Waals surface area (Å²) in [6, 6.07) is 7.78. The van der Waals surface area contributed by atoms with E-state index in [0.29, 0.717) is 26.1 Å². The molecule has 5 nitrogen and oxygen atoms in total. The molecule has 0 radical (unpaired) electrons. The Labute approximate surface area is 154 Å². The molecule has 1 heterocycles. The maximum Gasteiger partial charge on any atom is 0.309 e. The molecule has 0 aliphatic carbocycles. The van der Waals surface area contributed by atoms with Crippen LogP contribution in [-0.4, -0.2) is 27.4 Å². The monoisotopic (exact) mass is 363 g/mol. The fourth-order valence-corrected chi connectivity index (χ4v) is 2.85. The highest BCUT2D eigenvalue weighted by atomic mass is 35.5. The van der Waals surface area contributed by atoms with Gasteiger partial charge in [0.15, 0.2) is 0 Å². The zero-order valence-electron chi connectivity index (χ0n) is 15.3. The van der Waals surface area contributed by atoms with Crippen molar-refractivity contribution < 1.29 is 9.90 Å². The van der Waals surface area contributed by atoms with E-state index in [1.165, 1.54) is 0 Å². The van der Waals surface area contributed by atoms with E-state index < -0.39 is 11.4 Å². The Hall–Kier alpha value is -1.85. The van der Waals surface area contributed by atoms with Gasteiger partial charge in [0, 0.05) is 22.8 Å². The summed E-state index contributed by atoms with van der Waals surface area (Å²) in [6.07, 6.45) is 0.578. The first-order chi connectivity index (χ1) is 11.7. The van der Waals surface area contributed by atoms with Crippen molar-refractivity contribution in [2.45, 2.75) is 47.2 Å². The molecule has 2 rings (SSSR count). The maximum atomic E-state index is 11.1. The molecule has 0 aliphatic heterocycles. The van der Waals surface area contributed by atoms with Crippen molar-refractivity contribution >= 4 is 17.6 Å². The van der Waals surface area contributed by atoms with Gasteiger partial charge in [-0.1, -0.05) is 29.8 Å². The Morgan fingerprint density at radius 3 is 2.64 bits per heavy atom. The third kappa shape index (κ3) is 4.83. The molecule has 1 aromatic carbocycles. The van der Waals surface area contributed by atoms with Crippen molar-refractivity contribution in [3.05, 3.63) is 51.8 Å². The van der Waals surface area contributed by atoms with Crippen LogP contribution in [0.4, 0.5) is 0 Å². The summed E-state index contributed by atoms with van der Waals surface area (Å²) in [4.78, 5) is 11.1. The third-order valence-electron chi connectivity index (χ3n) is 4.62. The standard InChI is InChI=1S/C19H26ClN3O2/c1-13-16(11-21-10-9-19(3,4)18(24)25)14(2)23(22-13)12-15-7-5-6-8-17(15)20/h5-8,21H,9-12H2,1-4H3,(H,24,25). The second-order valence-corrected chi connectivity index (χ2v) is 7.42. The molecule has 0 saturated heterocycles. The topological polar surface area (TPSA) is 67.2 Å². The van der Waals surface area contributed by atoms with Gasteiger partial charge in [-0.3, -0.25) is 9.48 Å². The van der Waals surface area contributed by atoms with Gasteiger partial charge >= 0.3 is 5.97 Å². The zero-order valence-corrected chi connectivity index (χ0v) is 16.0. The molecule has 2 N–H and O–H groups in total. The van der Waals surface area contributed by atoms with Gasteiger partial charge in [0.1, 0.15) is 0 Å². The second-order valence-electron chi connectivity index (χ2n) is 7.01. The lowest BCUT2D eigenvalue weighted by atomic mass is 9.90. The molecule has 0 fully saturated rings. The molecule has 136 valence electrons. The van der Waals surface area contributed by atoms with E-state index in [-0.39, 0.29) is 0 Å². The van der Waals surface area contributed by atoms with Gasteiger partial charge in [-0.15, -0.1) is 0 Å². The zero-order chi connectivity index (χ0) is 18.6. The largest absolute Gasteiger partial charge is 0.481 e. The fourth-order valence-electron chi connectivity index (χ4n) is 2.65. The highest BCUT2D eigenvalue weighted by Crippen LogP contribution is 2.21. The number of carboxylic acid groups (broad SMARTS) is 1. The van der Waals surface area contributed by atoms with E-state index in [9.17, 15) is 4.79 Å². The van der Waals surface area contributed by atoms with Gasteiger partial charge in [-0.2, -0.15) is 5.10 Å². The predicted molar refractivity (Wildman–Crippen MR) is 100.0 cm³/mol. The summed E-state index contributed by atoms with van der Waals surface area (Å²) in [5.41, 5.74) is 3.56. The number of aromatic nitrogens is 2. The molecule has 6 heteroatoms. The molecular formula is C19H26ClN3O2. The van der Waals surface area contributed by atoms with Crippen LogP contribution >= 0.6 is 11.6 Å². The molecule has 0 amide bonds. The average molecular weight is 364 g/mol. The number of halogens is 1. The number of rotatable bonds is 8. The van der Waals surface area contributed by atoms with Gasteiger partial charge in [0.25, 0.3) is 0 Å². The Morgan fingerprint density at radius 2 is 2.00 bits per heavy atom. The first-order valence-corrected chi connectivity index (χ1v) is 8.80. The number of aliphatic carboxylic acids is 1. The molecule has 2 aromatic rings. The van der Waals surface area contributed by atoms with Crippen LogP contribution in [0.2, 0.25) is 5.02 Å². The number of carbonyl (C=O) groups is 1. The molecule has 1 aromatic heterocycles. The Kier molecular flexibility index (Phi) is 6.25. The minimum absolute atomic E-state index is 0.578. The van der Waals surface area contributed by atoms with Crippen LogP contribution < -0.4 is 5.32 Å². The van der Waals surface area contributed by atoms with E-state index in [1.807, 2.05) is 35.9 Å². The van der Waals surface area contributed by atoms with E-state index in [1.54, 1.807) is 13.8 Å². The summed E-state index contributed by atoms with van der Waals surface area (Å²) in [7, 11) is 0. The normalized spacial score (nSPS) is 11.7. The number of nitrogens with one attached hydrogen (secondary N) is 1. The first kappa shape index (κ1) is 19.5. The highest BCUT2D eigenvalue weighted by molar-refractivity contribution is 6.31. The van der Waals surface area contributed by atoms with E-state index in [4.69, 9.17) is 16.7 Å². The molecule has 0 saturated carbocycles. The van der Waals surface area contributed by atoms with Crippen LogP contribution in [-0.2, 0) is 17.9 Å². The number of nitrogens with zero attached hydrogens (tertiary/aromatic N) is 2. The third-order valence-corrected chi connectivity index (χ3v) is 4.99. The van der Waals surface area contributed by atoms with Gasteiger partial charge in [0.05, 0.1) is 17.7 Å². The van der Waals surface area contributed by atoms with Crippen molar-refractivity contribution in [1.82, 2.24) is 15.1 Å². The minimum Gasteiger partial charge on any atom is -0.481 e. The quantitative estimate of drug-likeness (QED) is 0.700. The number of benzene rings is 1. The Balaban J connectivity index is 2.00. The van der Waals surface area contributed by atoms with Crippen LogP contribution in [0, 0.1) is 19.3 Å². The Morgan fingerprint density at radius 1 is 1.32 bits per heavy atom. The van der Waals surface area contributed by atoms with Crippen molar-refractivity contribution in [3.8, 4) is 0 Å². The van der Waals surface area contributed by atoms with Gasteiger partial charge in [-0.05, 0) is 52.3 Å². The lowest BCUT2D eigenvalue weighted by Gasteiger charge is -2.19. The number of carboxylic acids is 1. The average Bonchev–Trinajstić information content (AvgIpc) is 2.80. The fraction of sp³-hybridized carbons (Fsp3) is 0.474. The molecule has 0 atom stereocenters. The van der Waals surface area contributed by atoms with Crippen molar-refractivity contribution in [1.29, 1.82) is 0 Å². The molecule has 0 unspecified atom stereocenters. The Bertz CT molecular complexity index is 753. The summed E-state index contributed by atoms with van der Waals surface area (Å²) in [5, 5.41) is 17.9. The summed E-state index contributed by atoms with van der Waals surface area (Å²) in [6.45, 7) is 9.50. The number of hydrogen-bond donors (Lipinski definition) is 2. The SMILES string of the molecule is Cc1nn(Cc2ccccc2Cl)c(C)c1CNCCC(C)(C)C(=O)O. The molecule has 25 heavy (non-hydrogen) atoms. The van der Waals surface area contributed by atoms with Gasteiger partial charge in [-0.25, -0.2) is 0 Å². The van der Waals surface area contributed by atoms with Crippen LogP contribution in [0.3, 0.4) is 0 Å². The number of hydrogen-bond acceptors (Lipinski definition) is 3. The number of aryl methyl sites for hydroxylation is 1. The summed E-state index contributed by atoms with van der Waals surface area (Å²) < 4.78 is 1.97. The smallest absolute Gasteiger partial charge is 0.309 e. The highest BCUT2D eigenvalue weighted by Gasteiger charge is 2.26. The van der Waals surface area contributed by atoms with Gasteiger partial charge < -0.3 is 10.4 Å². The van der Waals surface area contributed by atoms with E-state index >= 15 is 0 Å². The second kappa shape index (κ2) is 8.02. The van der Waals surface area contributed by atoms with Crippen molar-refractivity contribution in [2.24, 2.45) is 5.41 Å². The van der Waals surface area contributed by atoms with E-state index in [0.717, 1.165) is 27.5 Å². The lowest BCUT2D eigenvalue weighted by Crippen LogP contribution is -2.29. The van der Waals surface area contributed by atoms with Crippen LogP contribution in [0.25, 0.3) is 0 Å². The predicted octanol–water partition coefficient (Wildman–Crippen LogP) is 3.79. The summed E-state index contributed by atoms with van der Waals surface area (Å²) in [5.74, 6) is -0.769. The van der Waals surface area contributed by atoms with Crippen molar-refractivity contribution in [3.63, 3.8) is 0 Å². The first-order valence-electron chi connectivity index (χ1n) is 8.43. The maximum absolute atomic E-state index is 11.1. The minimum atomic E-state index is -0.769. The molecule has 0 aliphatic rings. The lowest BCUT2D eigenvalue weighted by molar-refractivity contribution is -0.147. The van der Waals surface area contributed by atoms with Crippen LogP contribution in [0.15, 0.2) is 24.3 Å².